The molecule has 2 aromatic rings. The molecule has 3 rings (SSSR count). The molecule has 0 aliphatic carbocycles. The highest BCUT2D eigenvalue weighted by Crippen LogP contribution is 2.27. The highest BCUT2D eigenvalue weighted by molar-refractivity contribution is 7.89. The summed E-state index contributed by atoms with van der Waals surface area (Å²) in [5.74, 6) is 0.616. The molecule has 1 atom stereocenters. The number of hydrogen-bond donors (Lipinski definition) is 0. The van der Waals surface area contributed by atoms with Crippen molar-refractivity contribution in [1.29, 1.82) is 0 Å². The summed E-state index contributed by atoms with van der Waals surface area (Å²) in [6.45, 7) is 1.06. The van der Waals surface area contributed by atoms with Gasteiger partial charge in [0, 0.05) is 18.1 Å². The van der Waals surface area contributed by atoms with Crippen molar-refractivity contribution in [3.8, 4) is 5.75 Å². The van der Waals surface area contributed by atoms with Gasteiger partial charge in [-0.05, 0) is 54.3 Å². The Balaban J connectivity index is 1.78. The van der Waals surface area contributed by atoms with Crippen LogP contribution in [0.25, 0.3) is 0 Å². The number of rotatable bonds is 8. The Hall–Kier alpha value is -1.93. The molecule has 6 nitrogen and oxygen atoms in total. The zero-order valence-electron chi connectivity index (χ0n) is 16.2. The Morgan fingerprint density at radius 2 is 1.90 bits per heavy atom. The molecule has 29 heavy (non-hydrogen) atoms. The first kappa shape index (κ1) is 21.8. The highest BCUT2D eigenvalue weighted by atomic mass is 35.5. The molecule has 8 heteroatoms. The van der Waals surface area contributed by atoms with Crippen molar-refractivity contribution in [2.45, 2.75) is 36.9 Å². The topological polar surface area (TPSA) is 72.9 Å². The molecule has 0 spiro atoms. The quantitative estimate of drug-likeness (QED) is 0.584. The molecule has 0 aromatic heterocycles. The van der Waals surface area contributed by atoms with E-state index in [9.17, 15) is 13.2 Å². The number of carbonyl (C=O) groups is 1. The molecule has 1 aliphatic rings. The standard InChI is InChI=1S/C21H24ClNO5S/c1-27-18-7-5-6-16(12-18)21(14-24)28-15-17-13-19(8-9-20(17)22)29(25,26)23-10-3-2-4-11-23/h5-9,12-14,21H,2-4,10-11,15H2,1H3. The summed E-state index contributed by atoms with van der Waals surface area (Å²) in [7, 11) is -2.03. The number of hydrogen-bond acceptors (Lipinski definition) is 5. The van der Waals surface area contributed by atoms with Crippen LogP contribution in [0.3, 0.4) is 0 Å². The van der Waals surface area contributed by atoms with Crippen LogP contribution in [0.2, 0.25) is 5.02 Å². The van der Waals surface area contributed by atoms with Gasteiger partial charge in [-0.3, -0.25) is 0 Å². The van der Waals surface area contributed by atoms with Crippen molar-refractivity contribution >= 4 is 27.9 Å². The number of benzene rings is 2. The molecule has 1 aliphatic heterocycles. The predicted molar refractivity (Wildman–Crippen MR) is 111 cm³/mol. The molecule has 0 radical (unpaired) electrons. The molecule has 0 saturated carbocycles. The number of piperidine rings is 1. The molecule has 1 saturated heterocycles. The van der Waals surface area contributed by atoms with E-state index in [2.05, 4.69) is 0 Å². The number of sulfonamides is 1. The molecule has 1 unspecified atom stereocenters. The third-order valence-corrected chi connectivity index (χ3v) is 7.20. The number of nitrogens with zero attached hydrogens (tertiary/aromatic N) is 1. The lowest BCUT2D eigenvalue weighted by atomic mass is 10.1. The summed E-state index contributed by atoms with van der Waals surface area (Å²) in [6.07, 6.45) is 2.65. The second kappa shape index (κ2) is 9.71. The van der Waals surface area contributed by atoms with Crippen LogP contribution in [0.15, 0.2) is 47.4 Å². The van der Waals surface area contributed by atoms with Gasteiger partial charge in [-0.2, -0.15) is 4.31 Å². The Bertz CT molecular complexity index is 957. The summed E-state index contributed by atoms with van der Waals surface area (Å²) in [6, 6.07) is 11.6. The zero-order chi connectivity index (χ0) is 20.9. The van der Waals surface area contributed by atoms with Gasteiger partial charge < -0.3 is 14.3 Å². The molecule has 0 amide bonds. The highest BCUT2D eigenvalue weighted by Gasteiger charge is 2.26. The van der Waals surface area contributed by atoms with Gasteiger partial charge in [0.15, 0.2) is 6.29 Å². The first-order valence-corrected chi connectivity index (χ1v) is 11.3. The second-order valence-electron chi connectivity index (χ2n) is 6.86. The first-order valence-electron chi connectivity index (χ1n) is 9.45. The average Bonchev–Trinajstić information content (AvgIpc) is 2.76. The summed E-state index contributed by atoms with van der Waals surface area (Å²) in [5, 5.41) is 0.387. The van der Waals surface area contributed by atoms with Crippen LogP contribution in [-0.4, -0.2) is 39.2 Å². The minimum absolute atomic E-state index is 0.00279. The van der Waals surface area contributed by atoms with Crippen LogP contribution in [0.5, 0.6) is 5.75 Å². The minimum Gasteiger partial charge on any atom is -0.497 e. The normalized spacial score (nSPS) is 16.3. The van der Waals surface area contributed by atoms with Crippen molar-refractivity contribution in [1.82, 2.24) is 4.31 Å². The Kier molecular flexibility index (Phi) is 7.29. The summed E-state index contributed by atoms with van der Waals surface area (Å²) >= 11 is 6.26. The van der Waals surface area contributed by atoms with Crippen LogP contribution >= 0.6 is 11.6 Å². The van der Waals surface area contributed by atoms with Gasteiger partial charge in [-0.25, -0.2) is 8.42 Å². The van der Waals surface area contributed by atoms with Gasteiger partial charge in [-0.15, -0.1) is 0 Å². The van der Waals surface area contributed by atoms with Gasteiger partial charge in [0.1, 0.15) is 11.9 Å². The fraction of sp³-hybridized carbons (Fsp3) is 0.381. The summed E-state index contributed by atoms with van der Waals surface area (Å²) in [4.78, 5) is 11.7. The number of carbonyl (C=O) groups excluding carboxylic acids is 1. The maximum atomic E-state index is 12.9. The van der Waals surface area contributed by atoms with E-state index in [4.69, 9.17) is 21.1 Å². The van der Waals surface area contributed by atoms with Crippen molar-refractivity contribution < 1.29 is 22.7 Å². The maximum absolute atomic E-state index is 12.9. The van der Waals surface area contributed by atoms with Crippen LogP contribution in [0, 0.1) is 0 Å². The minimum atomic E-state index is -3.57. The Labute approximate surface area is 176 Å². The number of ether oxygens (including phenoxy) is 2. The molecule has 156 valence electrons. The molecule has 1 heterocycles. The van der Waals surface area contributed by atoms with Crippen molar-refractivity contribution in [3.05, 3.63) is 58.6 Å². The van der Waals surface area contributed by atoms with E-state index in [0.717, 1.165) is 19.3 Å². The first-order chi connectivity index (χ1) is 14.0. The maximum Gasteiger partial charge on any atom is 0.243 e. The van der Waals surface area contributed by atoms with Gasteiger partial charge in [0.05, 0.1) is 18.6 Å². The molecule has 1 fully saturated rings. The van der Waals surface area contributed by atoms with Crippen LogP contribution in [0.4, 0.5) is 0 Å². The largest absolute Gasteiger partial charge is 0.497 e. The van der Waals surface area contributed by atoms with Crippen LogP contribution < -0.4 is 4.74 Å². The van der Waals surface area contributed by atoms with Crippen molar-refractivity contribution in [2.24, 2.45) is 0 Å². The van der Waals surface area contributed by atoms with Gasteiger partial charge in [0.25, 0.3) is 0 Å². The number of aldehydes is 1. The second-order valence-corrected chi connectivity index (χ2v) is 9.21. The van der Waals surface area contributed by atoms with Crippen LogP contribution in [0.1, 0.15) is 36.5 Å². The monoisotopic (exact) mass is 437 g/mol. The van der Waals surface area contributed by atoms with E-state index in [-0.39, 0.29) is 11.5 Å². The fourth-order valence-electron chi connectivity index (χ4n) is 3.29. The van der Waals surface area contributed by atoms with Crippen LogP contribution in [-0.2, 0) is 26.2 Å². The lowest BCUT2D eigenvalue weighted by Crippen LogP contribution is -2.35. The Morgan fingerprint density at radius 3 is 2.59 bits per heavy atom. The van der Waals surface area contributed by atoms with E-state index in [0.29, 0.717) is 41.3 Å². The van der Waals surface area contributed by atoms with E-state index >= 15 is 0 Å². The molecule has 0 bridgehead atoms. The van der Waals surface area contributed by atoms with Crippen molar-refractivity contribution in [3.63, 3.8) is 0 Å². The van der Waals surface area contributed by atoms with E-state index in [1.807, 2.05) is 0 Å². The molecular weight excluding hydrogens is 414 g/mol. The average molecular weight is 438 g/mol. The van der Waals surface area contributed by atoms with Gasteiger partial charge in [-0.1, -0.05) is 30.2 Å². The smallest absolute Gasteiger partial charge is 0.243 e. The van der Waals surface area contributed by atoms with E-state index in [1.165, 1.54) is 16.4 Å². The molecular formula is C21H24ClNO5S. The molecule has 2 aromatic carbocycles. The van der Waals surface area contributed by atoms with E-state index < -0.39 is 16.1 Å². The zero-order valence-corrected chi connectivity index (χ0v) is 17.8. The molecule has 0 N–H and O–H groups in total. The SMILES string of the molecule is COc1cccc(C(C=O)OCc2cc(S(=O)(=O)N3CCCCC3)ccc2Cl)c1. The predicted octanol–water partition coefficient (Wildman–Crippen LogP) is 3.98. The number of methoxy groups -OCH3 is 1. The number of halogens is 1. The van der Waals surface area contributed by atoms with Gasteiger partial charge >= 0.3 is 0 Å². The lowest BCUT2D eigenvalue weighted by molar-refractivity contribution is -0.119. The Morgan fingerprint density at radius 1 is 1.14 bits per heavy atom. The van der Waals surface area contributed by atoms with Crippen molar-refractivity contribution in [2.75, 3.05) is 20.2 Å². The summed E-state index contributed by atoms with van der Waals surface area (Å²) in [5.41, 5.74) is 1.16. The fourth-order valence-corrected chi connectivity index (χ4v) is 5.03. The van der Waals surface area contributed by atoms with Gasteiger partial charge in [0.2, 0.25) is 10.0 Å². The van der Waals surface area contributed by atoms with E-state index in [1.54, 1.807) is 37.4 Å². The third-order valence-electron chi connectivity index (χ3n) is 4.93. The summed E-state index contributed by atoms with van der Waals surface area (Å²) < 4.78 is 38.2. The lowest BCUT2D eigenvalue weighted by Gasteiger charge is -2.26. The third kappa shape index (κ3) is 5.17.